The molecule has 2 aromatic rings. The van der Waals surface area contributed by atoms with E-state index in [9.17, 15) is 13.2 Å². The maximum Gasteiger partial charge on any atom is 0.262 e. The summed E-state index contributed by atoms with van der Waals surface area (Å²) in [4.78, 5) is 12.5. The summed E-state index contributed by atoms with van der Waals surface area (Å²) >= 11 is 0. The molecule has 132 valence electrons. The predicted molar refractivity (Wildman–Crippen MR) is 92.3 cm³/mol. The fourth-order valence-electron chi connectivity index (χ4n) is 2.47. The molecule has 1 aliphatic heterocycles. The van der Waals surface area contributed by atoms with Gasteiger partial charge in [-0.2, -0.15) is 4.72 Å². The summed E-state index contributed by atoms with van der Waals surface area (Å²) in [5, 5.41) is 5.51. The van der Waals surface area contributed by atoms with Crippen molar-refractivity contribution in [1.82, 2.24) is 4.72 Å². The molecule has 0 bridgehead atoms. The molecule has 0 fully saturated rings. The summed E-state index contributed by atoms with van der Waals surface area (Å²) in [6.07, 6.45) is -1.13. The molecule has 8 nitrogen and oxygen atoms in total. The van der Waals surface area contributed by atoms with Gasteiger partial charge in [0.2, 0.25) is 10.0 Å². The van der Waals surface area contributed by atoms with Gasteiger partial charge in [0, 0.05) is 11.8 Å². The first-order valence-corrected chi connectivity index (χ1v) is 8.84. The van der Waals surface area contributed by atoms with Crippen molar-refractivity contribution < 1.29 is 22.7 Å². The minimum atomic E-state index is -3.77. The van der Waals surface area contributed by atoms with Crippen molar-refractivity contribution in [2.75, 3.05) is 24.9 Å². The number of amides is 1. The van der Waals surface area contributed by atoms with Gasteiger partial charge in [0.15, 0.2) is 17.7 Å². The summed E-state index contributed by atoms with van der Waals surface area (Å²) in [6.45, 7) is 0. The molecule has 0 spiro atoms. The third-order valence-electron chi connectivity index (χ3n) is 3.66. The second kappa shape index (κ2) is 6.61. The largest absolute Gasteiger partial charge is 0.493 e. The van der Waals surface area contributed by atoms with E-state index in [-0.39, 0.29) is 4.90 Å². The van der Waals surface area contributed by atoms with E-state index in [1.807, 2.05) is 0 Å². The van der Waals surface area contributed by atoms with Gasteiger partial charge in [-0.3, -0.25) is 4.79 Å². The Labute approximate surface area is 145 Å². The van der Waals surface area contributed by atoms with Crippen LogP contribution in [0.4, 0.5) is 11.4 Å². The van der Waals surface area contributed by atoms with Crippen molar-refractivity contribution in [3.63, 3.8) is 0 Å². The van der Waals surface area contributed by atoms with Crippen LogP contribution in [0, 0.1) is 0 Å². The molecular weight excluding hydrogens is 346 g/mol. The molecule has 3 N–H and O–H groups in total. The van der Waals surface area contributed by atoms with E-state index in [0.29, 0.717) is 22.9 Å². The summed E-state index contributed by atoms with van der Waals surface area (Å²) in [5.74, 6) is 0.416. The van der Waals surface area contributed by atoms with Crippen LogP contribution in [0.5, 0.6) is 11.5 Å². The summed E-state index contributed by atoms with van der Waals surface area (Å²) in [6, 6.07) is 11.2. The second-order valence-corrected chi connectivity index (χ2v) is 6.94. The molecule has 0 unspecified atom stereocenters. The summed E-state index contributed by atoms with van der Waals surface area (Å²) in [7, 11) is -0.778. The Morgan fingerprint density at radius 3 is 2.52 bits per heavy atom. The van der Waals surface area contributed by atoms with E-state index in [0.717, 1.165) is 0 Å². The van der Waals surface area contributed by atoms with Crippen molar-refractivity contribution >= 4 is 27.3 Å². The molecule has 9 heteroatoms. The first-order valence-electron chi connectivity index (χ1n) is 7.35. The Bertz CT molecular complexity index is 914. The average molecular weight is 363 g/mol. The highest BCUT2D eigenvalue weighted by Crippen LogP contribution is 2.30. The van der Waals surface area contributed by atoms with Gasteiger partial charge in [0.1, 0.15) is 4.90 Å². The number of carbonyl (C=O) groups is 1. The number of fused-ring (bicyclic) bond motifs is 1. The Balaban J connectivity index is 1.81. The van der Waals surface area contributed by atoms with Gasteiger partial charge in [0.05, 0.1) is 19.9 Å². The van der Waals surface area contributed by atoms with Gasteiger partial charge in [-0.25, -0.2) is 8.42 Å². The van der Waals surface area contributed by atoms with Gasteiger partial charge in [0.25, 0.3) is 5.91 Å². The lowest BCUT2D eigenvalue weighted by Gasteiger charge is -2.27. The number of para-hydroxylation sites is 1. The predicted octanol–water partition coefficient (Wildman–Crippen LogP) is 1.37. The molecule has 2 aromatic carbocycles. The Morgan fingerprint density at radius 1 is 1.08 bits per heavy atom. The van der Waals surface area contributed by atoms with Crippen molar-refractivity contribution in [3.05, 3.63) is 42.5 Å². The molecule has 1 aliphatic rings. The molecule has 1 heterocycles. The Morgan fingerprint density at radius 2 is 1.80 bits per heavy atom. The van der Waals surface area contributed by atoms with Gasteiger partial charge >= 0.3 is 0 Å². The first-order chi connectivity index (χ1) is 11.9. The third kappa shape index (κ3) is 3.37. The molecule has 1 atom stereocenters. The van der Waals surface area contributed by atoms with Crippen LogP contribution in [0.2, 0.25) is 0 Å². The molecule has 0 saturated carbocycles. The number of methoxy groups -OCH3 is 2. The standard InChI is InChI=1S/C16H17N3O5S/c1-23-12-8-7-10(9-13(12)24-2)17-16(20)15-18-11-5-3-4-6-14(11)25(21,22)19-15/h3-9,15,18-19H,1-2H3,(H,17,20)/t15-/m0/s1. The zero-order valence-corrected chi connectivity index (χ0v) is 14.4. The second-order valence-electron chi connectivity index (χ2n) is 5.25. The minimum Gasteiger partial charge on any atom is -0.493 e. The number of carbonyl (C=O) groups excluding carboxylic acids is 1. The average Bonchev–Trinajstić information content (AvgIpc) is 2.61. The molecule has 0 saturated heterocycles. The van der Waals surface area contributed by atoms with Crippen LogP contribution in [0.15, 0.2) is 47.4 Å². The summed E-state index contributed by atoms with van der Waals surface area (Å²) < 4.78 is 37.1. The lowest BCUT2D eigenvalue weighted by atomic mass is 10.2. The van der Waals surface area contributed by atoms with Crippen LogP contribution in [-0.4, -0.2) is 34.7 Å². The third-order valence-corrected chi connectivity index (χ3v) is 5.14. The SMILES string of the molecule is COc1ccc(NC(=O)[C@H]2Nc3ccccc3S(=O)(=O)N2)cc1OC. The number of anilines is 2. The quantitative estimate of drug-likeness (QED) is 0.758. The van der Waals surface area contributed by atoms with Crippen molar-refractivity contribution in [1.29, 1.82) is 0 Å². The van der Waals surface area contributed by atoms with Crippen molar-refractivity contribution in [2.45, 2.75) is 11.1 Å². The van der Waals surface area contributed by atoms with Crippen LogP contribution in [0.25, 0.3) is 0 Å². The number of rotatable bonds is 4. The highest BCUT2D eigenvalue weighted by atomic mass is 32.2. The van der Waals surface area contributed by atoms with Crippen molar-refractivity contribution in [3.8, 4) is 11.5 Å². The number of sulfonamides is 1. The van der Waals surface area contributed by atoms with Crippen LogP contribution in [0.1, 0.15) is 0 Å². The molecule has 25 heavy (non-hydrogen) atoms. The molecule has 3 rings (SSSR count). The number of hydrogen-bond donors (Lipinski definition) is 3. The van der Waals surface area contributed by atoms with E-state index >= 15 is 0 Å². The van der Waals surface area contributed by atoms with E-state index in [1.54, 1.807) is 36.4 Å². The number of benzene rings is 2. The van der Waals surface area contributed by atoms with E-state index < -0.39 is 22.1 Å². The van der Waals surface area contributed by atoms with Crippen LogP contribution in [-0.2, 0) is 14.8 Å². The highest BCUT2D eigenvalue weighted by molar-refractivity contribution is 7.89. The minimum absolute atomic E-state index is 0.102. The van der Waals surface area contributed by atoms with E-state index in [2.05, 4.69) is 15.4 Å². The lowest BCUT2D eigenvalue weighted by Crippen LogP contribution is -2.51. The molecular formula is C16H17N3O5S. The number of hydrogen-bond acceptors (Lipinski definition) is 6. The van der Waals surface area contributed by atoms with Crippen LogP contribution < -0.4 is 24.8 Å². The van der Waals surface area contributed by atoms with E-state index in [4.69, 9.17) is 9.47 Å². The first kappa shape index (κ1) is 17.1. The molecule has 0 aliphatic carbocycles. The van der Waals surface area contributed by atoms with Gasteiger partial charge in [-0.15, -0.1) is 0 Å². The highest BCUT2D eigenvalue weighted by Gasteiger charge is 2.32. The smallest absolute Gasteiger partial charge is 0.262 e. The maximum absolute atomic E-state index is 12.4. The lowest BCUT2D eigenvalue weighted by molar-refractivity contribution is -0.117. The number of ether oxygens (including phenoxy) is 2. The van der Waals surface area contributed by atoms with Gasteiger partial charge in [-0.1, -0.05) is 12.1 Å². The van der Waals surface area contributed by atoms with Crippen LogP contribution >= 0.6 is 0 Å². The zero-order chi connectivity index (χ0) is 18.0. The van der Waals surface area contributed by atoms with Gasteiger partial charge in [-0.05, 0) is 24.3 Å². The van der Waals surface area contributed by atoms with Crippen molar-refractivity contribution in [2.24, 2.45) is 0 Å². The topological polar surface area (TPSA) is 106 Å². The number of nitrogens with one attached hydrogen (secondary N) is 3. The maximum atomic E-state index is 12.4. The normalized spacial score (nSPS) is 17.8. The van der Waals surface area contributed by atoms with Gasteiger partial charge < -0.3 is 20.1 Å². The fourth-order valence-corrected chi connectivity index (χ4v) is 3.75. The zero-order valence-electron chi connectivity index (χ0n) is 13.6. The fraction of sp³-hybridized carbons (Fsp3) is 0.188. The monoisotopic (exact) mass is 363 g/mol. The molecule has 0 radical (unpaired) electrons. The summed E-state index contributed by atoms with van der Waals surface area (Å²) in [5.41, 5.74) is 0.816. The Hall–Kier alpha value is -2.78. The Kier molecular flexibility index (Phi) is 4.51. The molecule has 1 amide bonds. The molecule has 0 aromatic heterocycles. The van der Waals surface area contributed by atoms with Crippen LogP contribution in [0.3, 0.4) is 0 Å². The van der Waals surface area contributed by atoms with E-state index in [1.165, 1.54) is 20.3 Å².